The van der Waals surface area contributed by atoms with Gasteiger partial charge in [0.25, 0.3) is 0 Å². The fourth-order valence-electron chi connectivity index (χ4n) is 1.62. The SMILES string of the molecule is CS(=O)(=O)NCC1(F)CCCCC1. The largest absolute Gasteiger partial charge is 0.242 e. The van der Waals surface area contributed by atoms with Gasteiger partial charge in [0.05, 0.1) is 6.26 Å². The summed E-state index contributed by atoms with van der Waals surface area (Å²) in [5.41, 5.74) is -1.30. The molecular weight excluding hydrogens is 193 g/mol. The molecule has 0 aliphatic heterocycles. The molecule has 0 saturated heterocycles. The zero-order valence-corrected chi connectivity index (χ0v) is 8.66. The number of hydrogen-bond acceptors (Lipinski definition) is 2. The van der Waals surface area contributed by atoms with Gasteiger partial charge >= 0.3 is 0 Å². The average Bonchev–Trinajstić information content (AvgIpc) is 2.02. The molecule has 0 atom stereocenters. The summed E-state index contributed by atoms with van der Waals surface area (Å²) in [6, 6.07) is 0. The Labute approximate surface area is 78.8 Å². The molecule has 0 aromatic heterocycles. The Morgan fingerprint density at radius 3 is 2.31 bits per heavy atom. The molecule has 13 heavy (non-hydrogen) atoms. The van der Waals surface area contributed by atoms with Gasteiger partial charge in [-0.2, -0.15) is 0 Å². The van der Waals surface area contributed by atoms with Crippen molar-refractivity contribution in [3.63, 3.8) is 0 Å². The van der Waals surface area contributed by atoms with E-state index < -0.39 is 15.7 Å². The van der Waals surface area contributed by atoms with E-state index >= 15 is 0 Å². The summed E-state index contributed by atoms with van der Waals surface area (Å²) in [4.78, 5) is 0. The van der Waals surface area contributed by atoms with E-state index in [4.69, 9.17) is 0 Å². The van der Waals surface area contributed by atoms with Crippen LogP contribution in [0, 0.1) is 0 Å². The second kappa shape index (κ2) is 3.92. The first-order chi connectivity index (χ1) is 5.91. The molecule has 0 amide bonds. The van der Waals surface area contributed by atoms with E-state index in [9.17, 15) is 12.8 Å². The van der Waals surface area contributed by atoms with Gasteiger partial charge in [-0.15, -0.1) is 0 Å². The van der Waals surface area contributed by atoms with Crippen molar-refractivity contribution in [3.05, 3.63) is 0 Å². The number of nitrogens with one attached hydrogen (secondary N) is 1. The molecule has 78 valence electrons. The molecule has 0 heterocycles. The number of halogens is 1. The van der Waals surface area contributed by atoms with E-state index in [1.54, 1.807) is 0 Å². The van der Waals surface area contributed by atoms with Gasteiger partial charge in [-0.1, -0.05) is 19.3 Å². The van der Waals surface area contributed by atoms with E-state index in [0.717, 1.165) is 25.5 Å². The van der Waals surface area contributed by atoms with E-state index in [0.29, 0.717) is 12.8 Å². The van der Waals surface area contributed by atoms with Crippen LogP contribution in [0.3, 0.4) is 0 Å². The second-order valence-corrected chi connectivity index (χ2v) is 5.64. The topological polar surface area (TPSA) is 46.2 Å². The van der Waals surface area contributed by atoms with Gasteiger partial charge in [-0.05, 0) is 12.8 Å². The third kappa shape index (κ3) is 4.04. The first-order valence-corrected chi connectivity index (χ1v) is 6.44. The molecule has 1 saturated carbocycles. The van der Waals surface area contributed by atoms with Gasteiger partial charge in [0.15, 0.2) is 0 Å². The Morgan fingerprint density at radius 1 is 1.31 bits per heavy atom. The molecule has 1 fully saturated rings. The average molecular weight is 209 g/mol. The minimum atomic E-state index is -3.25. The lowest BCUT2D eigenvalue weighted by Gasteiger charge is -2.29. The van der Waals surface area contributed by atoms with Crippen molar-refractivity contribution in [1.29, 1.82) is 0 Å². The highest BCUT2D eigenvalue weighted by Gasteiger charge is 2.32. The minimum absolute atomic E-state index is 0.0637. The second-order valence-electron chi connectivity index (χ2n) is 3.80. The molecule has 1 aliphatic rings. The molecule has 1 aliphatic carbocycles. The molecule has 1 N–H and O–H groups in total. The van der Waals surface area contributed by atoms with Crippen molar-refractivity contribution in [2.24, 2.45) is 0 Å². The highest BCUT2D eigenvalue weighted by Crippen LogP contribution is 2.31. The van der Waals surface area contributed by atoms with E-state index in [1.807, 2.05) is 0 Å². The number of rotatable bonds is 3. The lowest BCUT2D eigenvalue weighted by molar-refractivity contribution is 0.112. The highest BCUT2D eigenvalue weighted by molar-refractivity contribution is 7.88. The van der Waals surface area contributed by atoms with Crippen molar-refractivity contribution in [3.8, 4) is 0 Å². The normalized spacial score (nSPS) is 22.9. The molecule has 5 heteroatoms. The fourth-order valence-corrected chi connectivity index (χ4v) is 2.14. The Bertz CT molecular complexity index is 257. The lowest BCUT2D eigenvalue weighted by atomic mass is 9.87. The smallest absolute Gasteiger partial charge is 0.208 e. The summed E-state index contributed by atoms with van der Waals surface area (Å²) >= 11 is 0. The molecule has 0 unspecified atom stereocenters. The predicted molar refractivity (Wildman–Crippen MR) is 49.8 cm³/mol. The Morgan fingerprint density at radius 2 is 1.85 bits per heavy atom. The summed E-state index contributed by atoms with van der Waals surface area (Å²) in [6.45, 7) is -0.0637. The Kier molecular flexibility index (Phi) is 3.29. The van der Waals surface area contributed by atoms with Crippen LogP contribution < -0.4 is 4.72 Å². The maximum Gasteiger partial charge on any atom is 0.208 e. The minimum Gasteiger partial charge on any atom is -0.242 e. The first-order valence-electron chi connectivity index (χ1n) is 4.55. The summed E-state index contributed by atoms with van der Waals surface area (Å²) in [5.74, 6) is 0. The molecule has 3 nitrogen and oxygen atoms in total. The van der Waals surface area contributed by atoms with Crippen molar-refractivity contribution < 1.29 is 12.8 Å². The monoisotopic (exact) mass is 209 g/mol. The van der Waals surface area contributed by atoms with Crippen LogP contribution in [-0.2, 0) is 10.0 Å². The summed E-state index contributed by atoms with van der Waals surface area (Å²) in [7, 11) is -3.25. The van der Waals surface area contributed by atoms with Crippen LogP contribution in [0.1, 0.15) is 32.1 Å². The lowest BCUT2D eigenvalue weighted by Crippen LogP contribution is -2.40. The molecular formula is C8H16FNO2S. The van der Waals surface area contributed by atoms with E-state index in [2.05, 4.69) is 4.72 Å². The highest BCUT2D eigenvalue weighted by atomic mass is 32.2. The van der Waals surface area contributed by atoms with Gasteiger partial charge in [-0.25, -0.2) is 17.5 Å². The molecule has 0 aromatic carbocycles. The van der Waals surface area contributed by atoms with Crippen LogP contribution in [0.4, 0.5) is 4.39 Å². The summed E-state index contributed by atoms with van der Waals surface area (Å²) in [6.07, 6.45) is 4.80. The van der Waals surface area contributed by atoms with Crippen LogP contribution in [0.15, 0.2) is 0 Å². The van der Waals surface area contributed by atoms with Crippen LogP contribution in [0.5, 0.6) is 0 Å². The van der Waals surface area contributed by atoms with Crippen molar-refractivity contribution >= 4 is 10.0 Å². The van der Waals surface area contributed by atoms with E-state index in [-0.39, 0.29) is 6.54 Å². The maximum absolute atomic E-state index is 13.8. The van der Waals surface area contributed by atoms with Crippen molar-refractivity contribution in [2.75, 3.05) is 12.8 Å². The van der Waals surface area contributed by atoms with Gasteiger partial charge in [0.2, 0.25) is 10.0 Å². The zero-order chi connectivity index (χ0) is 9.95. The molecule has 0 radical (unpaired) electrons. The van der Waals surface area contributed by atoms with Crippen molar-refractivity contribution in [2.45, 2.75) is 37.8 Å². The number of sulfonamides is 1. The fraction of sp³-hybridized carbons (Fsp3) is 1.00. The summed E-state index contributed by atoms with van der Waals surface area (Å²) in [5, 5.41) is 0. The third-order valence-electron chi connectivity index (χ3n) is 2.40. The third-order valence-corrected chi connectivity index (χ3v) is 3.07. The Hall–Kier alpha value is -0.160. The number of hydrogen-bond donors (Lipinski definition) is 1. The first kappa shape index (κ1) is 10.9. The van der Waals surface area contributed by atoms with Crippen molar-refractivity contribution in [1.82, 2.24) is 4.72 Å². The van der Waals surface area contributed by atoms with Crippen LogP contribution >= 0.6 is 0 Å². The van der Waals surface area contributed by atoms with Gasteiger partial charge in [0.1, 0.15) is 5.67 Å². The molecule has 0 spiro atoms. The van der Waals surface area contributed by atoms with E-state index in [1.165, 1.54) is 0 Å². The van der Waals surface area contributed by atoms with Crippen LogP contribution in [0.25, 0.3) is 0 Å². The molecule has 0 bridgehead atoms. The van der Waals surface area contributed by atoms with Crippen LogP contribution in [0.2, 0.25) is 0 Å². The van der Waals surface area contributed by atoms with Crippen LogP contribution in [-0.4, -0.2) is 26.9 Å². The molecule has 1 rings (SSSR count). The molecule has 0 aromatic rings. The number of alkyl halides is 1. The van der Waals surface area contributed by atoms with Gasteiger partial charge in [0, 0.05) is 6.54 Å². The maximum atomic E-state index is 13.8. The van der Waals surface area contributed by atoms with Gasteiger partial charge < -0.3 is 0 Å². The zero-order valence-electron chi connectivity index (χ0n) is 7.85. The summed E-state index contributed by atoms with van der Waals surface area (Å²) < 4.78 is 37.5. The quantitative estimate of drug-likeness (QED) is 0.759. The predicted octanol–water partition coefficient (Wildman–Crippen LogP) is 1.21. The Balaban J connectivity index is 2.42. The standard InChI is InChI=1S/C8H16FNO2S/c1-13(11,12)10-7-8(9)5-3-2-4-6-8/h10H,2-7H2,1H3. The van der Waals surface area contributed by atoms with Gasteiger partial charge in [-0.3, -0.25) is 0 Å².